The van der Waals surface area contributed by atoms with Gasteiger partial charge in [-0.15, -0.1) is 0 Å². The Bertz CT molecular complexity index is 3510. The highest BCUT2D eigenvalue weighted by Gasteiger charge is 2.40. The number of hydrogen-bond acceptors (Lipinski definition) is 20. The standard InChI is InChI=1S/C55H75N17O13.C5H10N2O3S.C2H4O2/c1-29(2)19-38(49(80)67-37(9-5-17-60-55(57)58)54(85)72-18-6-10-43(72)53(84)62-25-44(56)75)66-46(77)26-63-47(78)39(20-30-11-13-33(74)14-12-30)68-52(83)42(27-73)71-50(81)40(21-31-23-61-35-8-4-3-7-34(31)35)69-51(82)41(22-32-24-59-28-64-32)70-48(79)36-15-16-45(76)65-36;6-1-4(8)7-3(2-11)5(9)10;1-2(3)4/h3-4,7-8,11-14,23-24,28-29,36-43,61,73-74H,5-6,9-10,15-22,25-27H2,1-2H3,(H2,56,75)(H,59,64)(H,62,84)(H,63,78)(H,65,76)(H,66,77)(H,67,80)(H,68,83)(H,69,82)(H,70,79)(H,71,81)(H4,57,58,60);3,11H,1-2,6H2,(H,7,8)(H,9,10);1H3,(H,3,4)/t36-,37-,38-,39-,40-,41-,42-,43-;3-;/m00./s1. The van der Waals surface area contributed by atoms with Crippen LogP contribution in [-0.4, -0.2) is 229 Å². The van der Waals surface area contributed by atoms with E-state index < -0.39 is 151 Å². The van der Waals surface area contributed by atoms with Crippen LogP contribution in [0.25, 0.3) is 10.9 Å². The van der Waals surface area contributed by atoms with Crippen LogP contribution in [0.1, 0.15) is 82.5 Å². The number of carboxylic acids is 2. The number of aliphatic carboxylic acids is 2. The van der Waals surface area contributed by atoms with Crippen molar-refractivity contribution >= 4 is 112 Å². The number of hydrogen-bond donors (Lipinski definition) is 21. The summed E-state index contributed by atoms with van der Waals surface area (Å²) < 4.78 is 0. The lowest BCUT2D eigenvalue weighted by atomic mass is 10.0. The number of rotatable bonds is 35. The van der Waals surface area contributed by atoms with Gasteiger partial charge in [-0.05, 0) is 73.8 Å². The van der Waals surface area contributed by atoms with Crippen molar-refractivity contribution in [2.75, 3.05) is 45.1 Å². The number of phenols is 1. The normalized spacial score (nSPS) is 15.8. The second-order valence-corrected chi connectivity index (χ2v) is 23.9. The number of para-hydroxylation sites is 1. The maximum atomic E-state index is 14.4. The lowest BCUT2D eigenvalue weighted by molar-refractivity contribution is -0.142. The molecule has 546 valence electrons. The Labute approximate surface area is 578 Å². The molecule has 0 radical (unpaired) electrons. The van der Waals surface area contributed by atoms with Crippen molar-refractivity contribution in [3.63, 3.8) is 0 Å². The molecule has 2 fully saturated rings. The fraction of sp³-hybridized carbons (Fsp3) is 0.484. The largest absolute Gasteiger partial charge is 0.508 e. The number of nitrogens with one attached hydrogen (secondary N) is 12. The molecule has 9 atom stereocenters. The molecule has 0 saturated carbocycles. The molecule has 100 heavy (non-hydrogen) atoms. The highest BCUT2D eigenvalue weighted by atomic mass is 32.1. The van der Waals surface area contributed by atoms with Crippen LogP contribution in [0.5, 0.6) is 5.75 Å². The van der Waals surface area contributed by atoms with Crippen molar-refractivity contribution in [3.05, 3.63) is 84.1 Å². The lowest BCUT2D eigenvalue weighted by Gasteiger charge is -2.30. The van der Waals surface area contributed by atoms with Gasteiger partial charge in [0.1, 0.15) is 60.1 Å². The summed E-state index contributed by atoms with van der Waals surface area (Å²) in [4.78, 5) is 194. The molecule has 0 bridgehead atoms. The number of thiol groups is 1. The van der Waals surface area contributed by atoms with Crippen molar-refractivity contribution in [3.8, 4) is 5.75 Å². The Morgan fingerprint density at radius 2 is 1.32 bits per heavy atom. The third kappa shape index (κ3) is 27.9. The number of fused-ring (bicyclic) bond motifs is 1. The minimum Gasteiger partial charge on any atom is -0.508 e. The molecule has 4 heterocycles. The maximum Gasteiger partial charge on any atom is 0.327 e. The predicted octanol–water partition coefficient (Wildman–Crippen LogP) is -5.85. The summed E-state index contributed by atoms with van der Waals surface area (Å²) in [5.41, 5.74) is 23.3. The van der Waals surface area contributed by atoms with Gasteiger partial charge in [-0.3, -0.25) is 67.3 Å². The number of amides is 12. The zero-order valence-electron chi connectivity index (χ0n) is 55.2. The van der Waals surface area contributed by atoms with E-state index >= 15 is 0 Å². The molecule has 2 aliphatic rings. The van der Waals surface area contributed by atoms with Gasteiger partial charge in [0.15, 0.2) is 5.96 Å². The second-order valence-electron chi connectivity index (χ2n) is 23.5. The minimum atomic E-state index is -1.76. The molecule has 38 heteroatoms. The number of aliphatic imine (C=N–C) groups is 1. The molecule has 4 aromatic rings. The Kier molecular flexibility index (Phi) is 33.7. The first-order chi connectivity index (χ1) is 47.4. The number of carbonyl (C=O) groups excluding carboxylic acids is 12. The van der Waals surface area contributed by atoms with E-state index in [1.807, 2.05) is 0 Å². The van der Waals surface area contributed by atoms with E-state index in [1.54, 1.807) is 44.3 Å². The van der Waals surface area contributed by atoms with Gasteiger partial charge in [-0.1, -0.05) is 44.2 Å². The molecule has 2 aliphatic heterocycles. The Balaban J connectivity index is 0.00000127. The van der Waals surface area contributed by atoms with Crippen LogP contribution in [0.4, 0.5) is 0 Å². The molecule has 2 aromatic carbocycles. The quantitative estimate of drug-likeness (QED) is 0.00883. The molecule has 24 N–H and O–H groups in total. The van der Waals surface area contributed by atoms with Gasteiger partial charge in [-0.25, -0.2) is 9.78 Å². The smallest absolute Gasteiger partial charge is 0.327 e. The van der Waals surface area contributed by atoms with Crippen molar-refractivity contribution in [1.82, 2.24) is 73.0 Å². The van der Waals surface area contributed by atoms with E-state index in [2.05, 4.69) is 85.7 Å². The molecular weight excluding hydrogens is 1330 g/mol. The number of imidazole rings is 1. The van der Waals surface area contributed by atoms with Crippen molar-refractivity contribution in [1.29, 1.82) is 0 Å². The predicted molar refractivity (Wildman–Crippen MR) is 361 cm³/mol. The van der Waals surface area contributed by atoms with E-state index in [0.29, 0.717) is 34.1 Å². The SMILES string of the molecule is CC(=O)O.CC(C)C[C@H](NC(=O)CNC(=O)[C@H](Cc1ccc(O)cc1)NC(=O)[C@H](CO)NC(=O)[C@H](Cc1c[nH]c2ccccc12)NC(=O)[C@H](Cc1cnc[nH]1)NC(=O)[C@@H]1CCC(=O)N1)C(=O)N[C@@H](CCCN=C(N)N)C(=O)N1CCC[C@H]1C(=O)NCC(N)=O.NCC(=O)N[C@@H](CS)C(=O)O. The number of aromatic hydroxyl groups is 1. The van der Waals surface area contributed by atoms with Gasteiger partial charge in [0, 0.05) is 80.4 Å². The average molecular weight is 1420 g/mol. The Hall–Kier alpha value is -10.9. The van der Waals surface area contributed by atoms with Gasteiger partial charge in [0.25, 0.3) is 5.97 Å². The van der Waals surface area contributed by atoms with Gasteiger partial charge >= 0.3 is 5.97 Å². The number of primary amides is 1. The summed E-state index contributed by atoms with van der Waals surface area (Å²) in [6, 6.07) is 1.42. The first-order valence-electron chi connectivity index (χ1n) is 31.7. The molecular formula is C62H89N19O18S. The van der Waals surface area contributed by atoms with E-state index in [4.69, 9.17) is 37.9 Å². The van der Waals surface area contributed by atoms with E-state index in [1.165, 1.54) is 41.7 Å². The number of H-pyrrole nitrogens is 2. The number of likely N-dealkylation sites (tertiary alicyclic amines) is 1. The number of benzene rings is 2. The molecule has 2 saturated heterocycles. The number of aromatic amines is 2. The molecule has 37 nitrogen and oxygen atoms in total. The number of carboxylic acid groups (broad SMARTS) is 2. The third-order valence-corrected chi connectivity index (χ3v) is 15.5. The highest BCUT2D eigenvalue weighted by Crippen LogP contribution is 2.22. The van der Waals surface area contributed by atoms with Crippen molar-refractivity contribution < 1.29 is 87.5 Å². The van der Waals surface area contributed by atoms with Crippen LogP contribution in [0.3, 0.4) is 0 Å². The van der Waals surface area contributed by atoms with E-state index in [9.17, 15) is 72.5 Å². The minimum absolute atomic E-state index is 0.0156. The van der Waals surface area contributed by atoms with Gasteiger partial charge in [0.05, 0.1) is 32.6 Å². The number of nitrogens with zero attached hydrogens (tertiary/aromatic N) is 3. The zero-order chi connectivity index (χ0) is 74.2. The monoisotopic (exact) mass is 1420 g/mol. The van der Waals surface area contributed by atoms with Crippen LogP contribution in [0.2, 0.25) is 0 Å². The van der Waals surface area contributed by atoms with Gasteiger partial charge in [0.2, 0.25) is 70.9 Å². The van der Waals surface area contributed by atoms with Gasteiger partial charge < -0.3 is 111 Å². The summed E-state index contributed by atoms with van der Waals surface area (Å²) in [7, 11) is 0. The summed E-state index contributed by atoms with van der Waals surface area (Å²) in [6.45, 7) is 2.49. The summed E-state index contributed by atoms with van der Waals surface area (Å²) >= 11 is 3.73. The van der Waals surface area contributed by atoms with E-state index in [0.717, 1.165) is 6.92 Å². The third-order valence-electron chi connectivity index (χ3n) is 15.1. The van der Waals surface area contributed by atoms with Crippen LogP contribution in [-0.2, 0) is 86.4 Å². The second kappa shape index (κ2) is 41.4. The maximum absolute atomic E-state index is 14.4. The number of nitrogens with two attached hydrogens (primary N) is 4. The fourth-order valence-electron chi connectivity index (χ4n) is 10.2. The number of aromatic nitrogens is 3. The van der Waals surface area contributed by atoms with Crippen molar-refractivity contribution in [2.24, 2.45) is 33.8 Å². The topological polar surface area (TPSA) is 604 Å². The molecule has 0 aliphatic carbocycles. The zero-order valence-corrected chi connectivity index (χ0v) is 56.1. The average Bonchev–Trinajstić information content (AvgIpc) is 1.63. The highest BCUT2D eigenvalue weighted by molar-refractivity contribution is 7.80. The number of guanidine groups is 1. The Morgan fingerprint density at radius 3 is 1.90 bits per heavy atom. The number of aliphatic hydroxyl groups is 1. The fourth-order valence-corrected chi connectivity index (χ4v) is 10.5. The first-order valence-corrected chi connectivity index (χ1v) is 32.3. The molecule has 2 aromatic heterocycles. The van der Waals surface area contributed by atoms with Crippen LogP contribution in [0.15, 0.2) is 72.2 Å². The number of phenolic OH excluding ortho intramolecular Hbond substituents is 1. The number of aliphatic hydroxyl groups excluding tert-OH is 1. The van der Waals surface area contributed by atoms with Crippen LogP contribution < -0.4 is 76.1 Å². The summed E-state index contributed by atoms with van der Waals surface area (Å²) in [5, 5.41) is 62.5. The molecule has 0 unspecified atom stereocenters. The molecule has 6 rings (SSSR count). The summed E-state index contributed by atoms with van der Waals surface area (Å²) in [6.07, 6.45) is 5.24. The first kappa shape index (κ1) is 81.5. The van der Waals surface area contributed by atoms with Crippen molar-refractivity contribution in [2.45, 2.75) is 139 Å². The van der Waals surface area contributed by atoms with E-state index in [-0.39, 0.29) is 107 Å². The lowest BCUT2D eigenvalue weighted by Crippen LogP contribution is -2.60. The van der Waals surface area contributed by atoms with Crippen LogP contribution in [0, 0.1) is 5.92 Å². The van der Waals surface area contributed by atoms with Crippen LogP contribution >= 0.6 is 12.6 Å². The summed E-state index contributed by atoms with van der Waals surface area (Å²) in [5.74, 6) is -11.2. The number of carbonyl (C=O) groups is 14. The molecule has 12 amide bonds. The Morgan fingerprint density at radius 1 is 0.710 bits per heavy atom. The van der Waals surface area contributed by atoms with Gasteiger partial charge in [-0.2, -0.15) is 12.6 Å². The molecule has 0 spiro atoms.